The molecular formula is C23H27NO5S. The van der Waals surface area contributed by atoms with Gasteiger partial charge in [0, 0.05) is 11.3 Å². The third kappa shape index (κ3) is 4.56. The molecule has 1 atom stereocenters. The Balaban J connectivity index is 1.74. The number of carbonyl (C=O) groups is 3. The first-order valence-corrected chi connectivity index (χ1v) is 10.9. The van der Waals surface area contributed by atoms with Gasteiger partial charge in [0.1, 0.15) is 5.00 Å². The maximum absolute atomic E-state index is 12.6. The number of ether oxygens (including phenoxy) is 2. The van der Waals surface area contributed by atoms with Crippen LogP contribution in [0.5, 0.6) is 0 Å². The zero-order valence-corrected chi connectivity index (χ0v) is 18.6. The van der Waals surface area contributed by atoms with Gasteiger partial charge < -0.3 is 14.8 Å². The van der Waals surface area contributed by atoms with E-state index in [1.165, 1.54) is 31.1 Å². The largest absolute Gasteiger partial charge is 0.469 e. The first kappa shape index (κ1) is 22.0. The second-order valence-electron chi connectivity index (χ2n) is 7.69. The molecule has 0 saturated carbocycles. The molecule has 1 aliphatic rings. The van der Waals surface area contributed by atoms with E-state index in [2.05, 4.69) is 31.3 Å². The Morgan fingerprint density at radius 3 is 2.43 bits per heavy atom. The standard InChI is InChI=1S/C23H27NO5S/c1-13(2)15-8-5-14(6-9-15)7-12-18(25)24-21-20(23(27)29-4)19-16(22(26)28-3)10-11-17(19)30-21/h5-6,8-9,13,16H,7,10-12H2,1-4H3,(H,24,25). The van der Waals surface area contributed by atoms with Crippen molar-refractivity contribution in [2.24, 2.45) is 0 Å². The highest BCUT2D eigenvalue weighted by molar-refractivity contribution is 7.17. The molecule has 3 rings (SSSR count). The molecule has 1 aromatic carbocycles. The zero-order valence-electron chi connectivity index (χ0n) is 17.7. The van der Waals surface area contributed by atoms with E-state index in [0.717, 1.165) is 10.4 Å². The van der Waals surface area contributed by atoms with Crippen LogP contribution in [0.25, 0.3) is 0 Å². The number of amides is 1. The number of benzene rings is 1. The molecule has 6 nitrogen and oxygen atoms in total. The van der Waals surface area contributed by atoms with Crippen LogP contribution >= 0.6 is 11.3 Å². The normalized spacial score (nSPS) is 15.0. The van der Waals surface area contributed by atoms with Crippen molar-refractivity contribution in [1.29, 1.82) is 0 Å². The van der Waals surface area contributed by atoms with Crippen LogP contribution in [-0.2, 0) is 31.9 Å². The van der Waals surface area contributed by atoms with Crippen LogP contribution in [0, 0.1) is 0 Å². The summed E-state index contributed by atoms with van der Waals surface area (Å²) in [5.41, 5.74) is 3.26. The summed E-state index contributed by atoms with van der Waals surface area (Å²) in [6.45, 7) is 4.29. The van der Waals surface area contributed by atoms with E-state index < -0.39 is 11.9 Å². The summed E-state index contributed by atoms with van der Waals surface area (Å²) in [4.78, 5) is 38.1. The van der Waals surface area contributed by atoms with Crippen molar-refractivity contribution in [2.75, 3.05) is 19.5 Å². The average molecular weight is 430 g/mol. The van der Waals surface area contributed by atoms with Crippen molar-refractivity contribution in [1.82, 2.24) is 0 Å². The fourth-order valence-electron chi connectivity index (χ4n) is 3.75. The van der Waals surface area contributed by atoms with Gasteiger partial charge in [0.05, 0.1) is 25.7 Å². The third-order valence-corrected chi connectivity index (χ3v) is 6.63. The molecular weight excluding hydrogens is 402 g/mol. The number of rotatable bonds is 7. The average Bonchev–Trinajstić information content (AvgIpc) is 3.30. The summed E-state index contributed by atoms with van der Waals surface area (Å²) in [5, 5.41) is 3.30. The maximum Gasteiger partial charge on any atom is 0.341 e. The van der Waals surface area contributed by atoms with Crippen LogP contribution in [0.4, 0.5) is 5.00 Å². The lowest BCUT2D eigenvalue weighted by molar-refractivity contribution is -0.142. The van der Waals surface area contributed by atoms with E-state index in [9.17, 15) is 14.4 Å². The van der Waals surface area contributed by atoms with E-state index in [-0.39, 0.29) is 17.4 Å². The van der Waals surface area contributed by atoms with Crippen LogP contribution in [0.2, 0.25) is 0 Å². The van der Waals surface area contributed by atoms with Gasteiger partial charge >= 0.3 is 11.9 Å². The van der Waals surface area contributed by atoms with E-state index in [0.29, 0.717) is 42.2 Å². The van der Waals surface area contributed by atoms with Crippen molar-refractivity contribution in [3.8, 4) is 0 Å². The van der Waals surface area contributed by atoms with E-state index in [1.54, 1.807) is 0 Å². The molecule has 1 aliphatic carbocycles. The van der Waals surface area contributed by atoms with Gasteiger partial charge in [-0.05, 0) is 41.9 Å². The van der Waals surface area contributed by atoms with Gasteiger partial charge in [-0.2, -0.15) is 0 Å². The SMILES string of the molecule is COC(=O)c1c(NC(=O)CCc2ccc(C(C)C)cc2)sc2c1C(C(=O)OC)CC2. The maximum atomic E-state index is 12.6. The first-order valence-electron chi connectivity index (χ1n) is 10.1. The zero-order chi connectivity index (χ0) is 21.8. The molecule has 1 aromatic heterocycles. The summed E-state index contributed by atoms with van der Waals surface area (Å²) in [5.74, 6) is -1.14. The number of hydrogen-bond donors (Lipinski definition) is 1. The smallest absolute Gasteiger partial charge is 0.341 e. The first-order chi connectivity index (χ1) is 14.3. The Labute approximate surface area is 180 Å². The number of anilines is 1. The second-order valence-corrected chi connectivity index (χ2v) is 8.80. The van der Waals surface area contributed by atoms with Gasteiger partial charge in [-0.3, -0.25) is 9.59 Å². The molecule has 0 spiro atoms. The molecule has 0 bridgehead atoms. The number of aryl methyl sites for hydroxylation is 2. The fourth-order valence-corrected chi connectivity index (χ4v) is 5.03. The predicted octanol–water partition coefficient (Wildman–Crippen LogP) is 4.43. The summed E-state index contributed by atoms with van der Waals surface area (Å²) in [7, 11) is 2.63. The molecule has 0 radical (unpaired) electrons. The number of hydrogen-bond acceptors (Lipinski definition) is 6. The highest BCUT2D eigenvalue weighted by Crippen LogP contribution is 2.45. The van der Waals surface area contributed by atoms with Crippen LogP contribution in [0.1, 0.15) is 70.5 Å². The van der Waals surface area contributed by atoms with Crippen molar-refractivity contribution >= 4 is 34.2 Å². The summed E-state index contributed by atoms with van der Waals surface area (Å²) < 4.78 is 9.81. The van der Waals surface area contributed by atoms with E-state index in [4.69, 9.17) is 9.47 Å². The van der Waals surface area contributed by atoms with Gasteiger partial charge in [0.15, 0.2) is 0 Å². The second kappa shape index (κ2) is 9.43. The highest BCUT2D eigenvalue weighted by atomic mass is 32.1. The minimum Gasteiger partial charge on any atom is -0.469 e. The van der Waals surface area contributed by atoms with E-state index >= 15 is 0 Å². The number of carbonyl (C=O) groups excluding carboxylic acids is 3. The quantitative estimate of drug-likeness (QED) is 0.659. The summed E-state index contributed by atoms with van der Waals surface area (Å²) >= 11 is 1.34. The molecule has 0 saturated heterocycles. The van der Waals surface area contributed by atoms with Crippen LogP contribution in [-0.4, -0.2) is 32.1 Å². The fraction of sp³-hybridized carbons (Fsp3) is 0.435. The molecule has 2 aromatic rings. The Hall–Kier alpha value is -2.67. The van der Waals surface area contributed by atoms with Gasteiger partial charge in [0.2, 0.25) is 5.91 Å². The number of esters is 2. The van der Waals surface area contributed by atoms with Crippen molar-refractivity contribution in [3.63, 3.8) is 0 Å². The minimum absolute atomic E-state index is 0.178. The number of nitrogens with one attached hydrogen (secondary N) is 1. The van der Waals surface area contributed by atoms with Crippen LogP contribution < -0.4 is 5.32 Å². The summed E-state index contributed by atoms with van der Waals surface area (Å²) in [6, 6.07) is 8.26. The number of thiophene rings is 1. The molecule has 0 fully saturated rings. The predicted molar refractivity (Wildman–Crippen MR) is 116 cm³/mol. The minimum atomic E-state index is -0.553. The Morgan fingerprint density at radius 2 is 1.83 bits per heavy atom. The Kier molecular flexibility index (Phi) is 6.92. The number of methoxy groups -OCH3 is 2. The third-order valence-electron chi connectivity index (χ3n) is 5.45. The molecule has 7 heteroatoms. The molecule has 0 aliphatic heterocycles. The van der Waals surface area contributed by atoms with Gasteiger partial charge in [-0.1, -0.05) is 38.1 Å². The molecule has 1 amide bonds. The monoisotopic (exact) mass is 429 g/mol. The molecule has 30 heavy (non-hydrogen) atoms. The molecule has 1 N–H and O–H groups in total. The lowest BCUT2D eigenvalue weighted by Crippen LogP contribution is -2.17. The Morgan fingerprint density at radius 1 is 1.13 bits per heavy atom. The lowest BCUT2D eigenvalue weighted by atomic mass is 9.99. The Bertz CT molecular complexity index is 945. The lowest BCUT2D eigenvalue weighted by Gasteiger charge is -2.12. The van der Waals surface area contributed by atoms with Crippen molar-refractivity contribution in [2.45, 2.75) is 51.4 Å². The van der Waals surface area contributed by atoms with Gasteiger partial charge in [-0.15, -0.1) is 11.3 Å². The number of fused-ring (bicyclic) bond motifs is 1. The van der Waals surface area contributed by atoms with Gasteiger partial charge in [0.25, 0.3) is 0 Å². The van der Waals surface area contributed by atoms with Crippen LogP contribution in [0.15, 0.2) is 24.3 Å². The summed E-state index contributed by atoms with van der Waals surface area (Å²) in [6.07, 6.45) is 2.17. The van der Waals surface area contributed by atoms with Crippen molar-refractivity contribution in [3.05, 3.63) is 51.4 Å². The molecule has 160 valence electrons. The molecule has 1 unspecified atom stereocenters. The van der Waals surface area contributed by atoms with Crippen molar-refractivity contribution < 1.29 is 23.9 Å². The van der Waals surface area contributed by atoms with E-state index in [1.807, 2.05) is 12.1 Å². The topological polar surface area (TPSA) is 81.7 Å². The van der Waals surface area contributed by atoms with Crippen LogP contribution in [0.3, 0.4) is 0 Å². The van der Waals surface area contributed by atoms with Gasteiger partial charge in [-0.25, -0.2) is 4.79 Å². The highest BCUT2D eigenvalue weighted by Gasteiger charge is 2.38. The molecule has 1 heterocycles.